The van der Waals surface area contributed by atoms with Crippen LogP contribution in [0.4, 0.5) is 0 Å². The van der Waals surface area contributed by atoms with E-state index in [9.17, 15) is 0 Å². The number of methoxy groups -OCH3 is 3. The summed E-state index contributed by atoms with van der Waals surface area (Å²) in [6.45, 7) is 5.38. The maximum absolute atomic E-state index is 5.59. The Morgan fingerprint density at radius 2 is 1.83 bits per heavy atom. The van der Waals surface area contributed by atoms with E-state index in [1.807, 2.05) is 12.1 Å². The first kappa shape index (κ1) is 15.9. The number of ether oxygens (including phenoxy) is 3. The molecule has 23 heavy (non-hydrogen) atoms. The van der Waals surface area contributed by atoms with Gasteiger partial charge in [-0.05, 0) is 12.6 Å². The molecule has 1 saturated heterocycles. The third-order valence-corrected chi connectivity index (χ3v) is 4.83. The lowest BCUT2D eigenvalue weighted by Gasteiger charge is -2.33. The number of hydrogen-bond donors (Lipinski definition) is 1. The third kappa shape index (κ3) is 2.83. The molecule has 0 radical (unpaired) electrons. The van der Waals surface area contributed by atoms with Crippen molar-refractivity contribution >= 4 is 5.71 Å². The molecule has 1 aromatic carbocycles. The Labute approximate surface area is 137 Å². The van der Waals surface area contributed by atoms with Crippen LogP contribution >= 0.6 is 0 Å². The minimum Gasteiger partial charge on any atom is -0.496 e. The van der Waals surface area contributed by atoms with Gasteiger partial charge in [-0.3, -0.25) is 0 Å². The Bertz CT molecular complexity index is 603. The fraction of sp³-hybridized carbons (Fsp3) is 0.588. The smallest absolute Gasteiger partial charge is 0.164 e. The number of piperidine rings is 1. The predicted molar refractivity (Wildman–Crippen MR) is 89.6 cm³/mol. The van der Waals surface area contributed by atoms with Gasteiger partial charge in [0.1, 0.15) is 5.75 Å². The fourth-order valence-electron chi connectivity index (χ4n) is 3.48. The summed E-state index contributed by atoms with van der Waals surface area (Å²) in [5.74, 6) is 2.55. The number of nitrogens with one attached hydrogen (secondary N) is 1. The molecule has 1 fully saturated rings. The van der Waals surface area contributed by atoms with Crippen LogP contribution in [0.1, 0.15) is 24.9 Å². The molecule has 0 spiro atoms. The van der Waals surface area contributed by atoms with Crippen LogP contribution in [0.3, 0.4) is 0 Å². The first-order valence-electron chi connectivity index (χ1n) is 8.06. The topological polar surface area (TPSA) is 55.3 Å². The highest BCUT2D eigenvalue weighted by atomic mass is 16.5. The standard InChI is InChI=1S/C17H25N3O3/c1-5-20-7-6-13-12(10-20)17(19-18-13)11-8-15(22-3)16(23-4)9-14(11)21-2/h8-9,12,17,19H,5-7,10H2,1-4H3. The van der Waals surface area contributed by atoms with E-state index in [-0.39, 0.29) is 6.04 Å². The maximum atomic E-state index is 5.59. The molecule has 0 saturated carbocycles. The zero-order valence-electron chi connectivity index (χ0n) is 14.3. The molecule has 2 unspecified atom stereocenters. The molecule has 126 valence electrons. The highest BCUT2D eigenvalue weighted by Gasteiger charge is 2.38. The summed E-state index contributed by atoms with van der Waals surface area (Å²) in [4.78, 5) is 2.47. The molecule has 1 aromatic rings. The zero-order chi connectivity index (χ0) is 16.4. The second-order valence-electron chi connectivity index (χ2n) is 5.91. The molecular formula is C17H25N3O3. The third-order valence-electron chi connectivity index (χ3n) is 4.83. The summed E-state index contributed by atoms with van der Waals surface area (Å²) >= 11 is 0. The van der Waals surface area contributed by atoms with Crippen molar-refractivity contribution in [2.45, 2.75) is 19.4 Å². The summed E-state index contributed by atoms with van der Waals surface area (Å²) < 4.78 is 16.4. The molecule has 2 atom stereocenters. The molecule has 1 N–H and O–H groups in total. The summed E-state index contributed by atoms with van der Waals surface area (Å²) in [7, 11) is 4.96. The molecular weight excluding hydrogens is 294 g/mol. The Morgan fingerprint density at radius 3 is 2.48 bits per heavy atom. The lowest BCUT2D eigenvalue weighted by Crippen LogP contribution is -2.41. The largest absolute Gasteiger partial charge is 0.496 e. The highest BCUT2D eigenvalue weighted by Crippen LogP contribution is 2.42. The van der Waals surface area contributed by atoms with Gasteiger partial charge < -0.3 is 24.5 Å². The molecule has 2 heterocycles. The Balaban J connectivity index is 1.95. The van der Waals surface area contributed by atoms with Crippen molar-refractivity contribution < 1.29 is 14.2 Å². The van der Waals surface area contributed by atoms with E-state index in [0.29, 0.717) is 17.4 Å². The fourth-order valence-corrected chi connectivity index (χ4v) is 3.48. The predicted octanol–water partition coefficient (Wildman–Crippen LogP) is 2.05. The summed E-state index contributed by atoms with van der Waals surface area (Å²) in [6.07, 6.45) is 1.03. The molecule has 2 aliphatic rings. The zero-order valence-corrected chi connectivity index (χ0v) is 14.3. The van der Waals surface area contributed by atoms with Crippen LogP contribution in [0.25, 0.3) is 0 Å². The number of fused-ring (bicyclic) bond motifs is 1. The van der Waals surface area contributed by atoms with Crippen LogP contribution in [0.5, 0.6) is 17.2 Å². The second kappa shape index (κ2) is 6.66. The number of hydrazone groups is 1. The van der Waals surface area contributed by atoms with E-state index in [2.05, 4.69) is 22.4 Å². The average Bonchev–Trinajstić information content (AvgIpc) is 3.03. The first-order chi connectivity index (χ1) is 11.2. The lowest BCUT2D eigenvalue weighted by molar-refractivity contribution is 0.236. The van der Waals surface area contributed by atoms with Crippen molar-refractivity contribution in [3.63, 3.8) is 0 Å². The van der Waals surface area contributed by atoms with Gasteiger partial charge in [-0.15, -0.1) is 0 Å². The van der Waals surface area contributed by atoms with Crippen LogP contribution in [-0.4, -0.2) is 51.6 Å². The maximum Gasteiger partial charge on any atom is 0.164 e. The molecule has 2 aliphatic heterocycles. The number of hydrogen-bond acceptors (Lipinski definition) is 6. The van der Waals surface area contributed by atoms with E-state index in [1.54, 1.807) is 21.3 Å². The van der Waals surface area contributed by atoms with Gasteiger partial charge >= 0.3 is 0 Å². The van der Waals surface area contributed by atoms with Gasteiger partial charge in [-0.2, -0.15) is 5.10 Å². The number of nitrogens with zero attached hydrogens (tertiary/aromatic N) is 2. The van der Waals surface area contributed by atoms with E-state index in [1.165, 1.54) is 5.71 Å². The van der Waals surface area contributed by atoms with Crippen molar-refractivity contribution in [3.05, 3.63) is 17.7 Å². The highest BCUT2D eigenvalue weighted by molar-refractivity contribution is 5.90. The van der Waals surface area contributed by atoms with Gasteiger partial charge in [-0.25, -0.2) is 0 Å². The van der Waals surface area contributed by atoms with Crippen LogP contribution in [0.2, 0.25) is 0 Å². The van der Waals surface area contributed by atoms with Crippen molar-refractivity contribution in [1.82, 2.24) is 10.3 Å². The monoisotopic (exact) mass is 319 g/mol. The van der Waals surface area contributed by atoms with Crippen LogP contribution in [0, 0.1) is 5.92 Å². The summed E-state index contributed by atoms with van der Waals surface area (Å²) in [5, 5.41) is 4.57. The van der Waals surface area contributed by atoms with Gasteiger partial charge in [-0.1, -0.05) is 6.92 Å². The summed E-state index contributed by atoms with van der Waals surface area (Å²) in [6, 6.07) is 3.99. The van der Waals surface area contributed by atoms with Gasteiger partial charge in [0.25, 0.3) is 0 Å². The van der Waals surface area contributed by atoms with Crippen molar-refractivity contribution in [2.24, 2.45) is 11.0 Å². The number of rotatable bonds is 5. The van der Waals surface area contributed by atoms with E-state index in [4.69, 9.17) is 14.2 Å². The second-order valence-corrected chi connectivity index (χ2v) is 5.91. The molecule has 6 nitrogen and oxygen atoms in total. The molecule has 0 aromatic heterocycles. The van der Waals surface area contributed by atoms with Crippen LogP contribution in [-0.2, 0) is 0 Å². The van der Waals surface area contributed by atoms with E-state index >= 15 is 0 Å². The minimum absolute atomic E-state index is 0.106. The van der Waals surface area contributed by atoms with E-state index < -0.39 is 0 Å². The van der Waals surface area contributed by atoms with Gasteiger partial charge in [0.2, 0.25) is 0 Å². The van der Waals surface area contributed by atoms with Gasteiger partial charge in [0, 0.05) is 42.8 Å². The Kier molecular flexibility index (Phi) is 4.61. The average molecular weight is 319 g/mol. The number of likely N-dealkylation sites (tertiary alicyclic amines) is 1. The number of benzene rings is 1. The normalized spacial score (nSPS) is 23.7. The van der Waals surface area contributed by atoms with Crippen molar-refractivity contribution in [1.29, 1.82) is 0 Å². The Morgan fingerprint density at radius 1 is 1.13 bits per heavy atom. The van der Waals surface area contributed by atoms with Crippen molar-refractivity contribution in [2.75, 3.05) is 41.0 Å². The van der Waals surface area contributed by atoms with Crippen LogP contribution < -0.4 is 19.6 Å². The first-order valence-corrected chi connectivity index (χ1v) is 8.06. The molecule has 0 amide bonds. The van der Waals surface area contributed by atoms with Gasteiger partial charge in [0.05, 0.1) is 27.4 Å². The Hall–Kier alpha value is -1.95. The van der Waals surface area contributed by atoms with Crippen molar-refractivity contribution in [3.8, 4) is 17.2 Å². The molecule has 0 bridgehead atoms. The minimum atomic E-state index is 0.106. The lowest BCUT2D eigenvalue weighted by atomic mass is 9.86. The van der Waals surface area contributed by atoms with E-state index in [0.717, 1.165) is 37.4 Å². The van der Waals surface area contributed by atoms with Crippen LogP contribution in [0.15, 0.2) is 17.2 Å². The molecule has 0 aliphatic carbocycles. The SMILES string of the molecule is CCN1CCC2=NNC(c3cc(OC)c(OC)cc3OC)C2C1. The molecule has 6 heteroatoms. The molecule has 3 rings (SSSR count). The summed E-state index contributed by atoms with van der Waals surface area (Å²) in [5.41, 5.74) is 5.63. The quantitative estimate of drug-likeness (QED) is 0.900. The van der Waals surface area contributed by atoms with Gasteiger partial charge in [0.15, 0.2) is 11.5 Å².